The topological polar surface area (TPSA) is 111 Å². The highest BCUT2D eigenvalue weighted by molar-refractivity contribution is 5.75. The highest BCUT2D eigenvalue weighted by atomic mass is 16.5. The van der Waals surface area contributed by atoms with Crippen LogP contribution in [0.4, 0.5) is 5.95 Å². The van der Waals surface area contributed by atoms with Gasteiger partial charge in [-0.15, -0.1) is 0 Å². The fourth-order valence-electron chi connectivity index (χ4n) is 2.19. The molecule has 0 fully saturated rings. The van der Waals surface area contributed by atoms with Crippen LogP contribution in [-0.4, -0.2) is 36.8 Å². The van der Waals surface area contributed by atoms with Crippen LogP contribution < -0.4 is 10.5 Å². The van der Waals surface area contributed by atoms with E-state index >= 15 is 0 Å². The summed E-state index contributed by atoms with van der Waals surface area (Å²) < 4.78 is 6.86. The van der Waals surface area contributed by atoms with Crippen molar-refractivity contribution in [3.8, 4) is 17.0 Å². The van der Waals surface area contributed by atoms with E-state index in [0.29, 0.717) is 28.3 Å². The summed E-state index contributed by atoms with van der Waals surface area (Å²) in [4.78, 5) is 12.6. The van der Waals surface area contributed by atoms with E-state index in [2.05, 4.69) is 20.1 Å². The summed E-state index contributed by atoms with van der Waals surface area (Å²) in [5.74, 6) is 0.630. The van der Waals surface area contributed by atoms with Crippen LogP contribution in [0.1, 0.15) is 19.5 Å². The molecule has 0 saturated carbocycles. The summed E-state index contributed by atoms with van der Waals surface area (Å²) in [6, 6.07) is 1.73. The van der Waals surface area contributed by atoms with Gasteiger partial charge in [0, 0.05) is 6.20 Å². The van der Waals surface area contributed by atoms with Crippen LogP contribution in [0.2, 0.25) is 0 Å². The van der Waals surface area contributed by atoms with Crippen molar-refractivity contribution in [3.05, 3.63) is 30.4 Å². The Bertz CT molecular complexity index is 837. The van der Waals surface area contributed by atoms with Crippen LogP contribution in [0, 0.1) is 0 Å². The van der Waals surface area contributed by atoms with Gasteiger partial charge in [0.05, 0.1) is 30.8 Å². The number of ether oxygens (including phenoxy) is 1. The highest BCUT2D eigenvalue weighted by Crippen LogP contribution is 2.30. The molecule has 114 valence electrons. The molecule has 0 spiro atoms. The third-order valence-electron chi connectivity index (χ3n) is 3.21. The van der Waals surface area contributed by atoms with Crippen molar-refractivity contribution in [1.29, 1.82) is 0 Å². The molecular formula is C14H16N6O2. The molecule has 0 aliphatic rings. The molecule has 0 aromatic carbocycles. The van der Waals surface area contributed by atoms with Crippen molar-refractivity contribution >= 4 is 11.6 Å². The maximum Gasteiger partial charge on any atom is 0.220 e. The van der Waals surface area contributed by atoms with Gasteiger partial charge in [0.15, 0.2) is 11.4 Å². The second kappa shape index (κ2) is 4.92. The van der Waals surface area contributed by atoms with E-state index in [9.17, 15) is 5.11 Å². The van der Waals surface area contributed by atoms with E-state index < -0.39 is 5.60 Å². The minimum atomic E-state index is -1.15. The number of aromatic nitrogens is 5. The number of fused-ring (bicyclic) bond motifs is 1. The normalized spacial score (nSPS) is 11.8. The minimum Gasteiger partial charge on any atom is -0.493 e. The maximum atomic E-state index is 10.3. The third-order valence-corrected chi connectivity index (χ3v) is 3.21. The van der Waals surface area contributed by atoms with Crippen molar-refractivity contribution in [2.24, 2.45) is 0 Å². The van der Waals surface area contributed by atoms with Gasteiger partial charge in [-0.3, -0.25) is 0 Å². The molecule has 0 aliphatic carbocycles. The lowest BCUT2D eigenvalue weighted by Crippen LogP contribution is -2.19. The standard InChI is InChI=1S/C14H16N6O2/c1-14(2,21)11-10(22-3)7-20-12(19-11)8(6-17-20)9-4-5-16-13(15)18-9/h4-7,21H,1-3H3,(H2,15,16,18). The molecule has 0 bridgehead atoms. The summed E-state index contributed by atoms with van der Waals surface area (Å²) in [6.07, 6.45) is 4.88. The molecule has 0 radical (unpaired) electrons. The lowest BCUT2D eigenvalue weighted by Gasteiger charge is -2.19. The number of aliphatic hydroxyl groups is 1. The summed E-state index contributed by atoms with van der Waals surface area (Å²) in [5, 5.41) is 14.5. The molecule has 3 aromatic rings. The molecule has 0 unspecified atom stereocenters. The van der Waals surface area contributed by atoms with Gasteiger partial charge in [0.25, 0.3) is 0 Å². The molecule has 3 rings (SSSR count). The monoisotopic (exact) mass is 300 g/mol. The number of nitrogens with zero attached hydrogens (tertiary/aromatic N) is 5. The summed E-state index contributed by atoms with van der Waals surface area (Å²) >= 11 is 0. The lowest BCUT2D eigenvalue weighted by molar-refractivity contribution is 0.0707. The molecule has 8 nitrogen and oxygen atoms in total. The van der Waals surface area contributed by atoms with Gasteiger partial charge in [-0.2, -0.15) is 5.10 Å². The first-order valence-electron chi connectivity index (χ1n) is 6.64. The number of hydrogen-bond acceptors (Lipinski definition) is 7. The van der Waals surface area contributed by atoms with E-state index in [-0.39, 0.29) is 5.95 Å². The fraction of sp³-hybridized carbons (Fsp3) is 0.286. The number of anilines is 1. The summed E-state index contributed by atoms with van der Waals surface area (Å²) in [7, 11) is 1.52. The van der Waals surface area contributed by atoms with Gasteiger partial charge in [-0.1, -0.05) is 0 Å². The number of nitrogens with two attached hydrogens (primary N) is 1. The quantitative estimate of drug-likeness (QED) is 0.742. The fourth-order valence-corrected chi connectivity index (χ4v) is 2.19. The zero-order valence-corrected chi connectivity index (χ0v) is 12.5. The number of nitrogen functional groups attached to an aromatic ring is 1. The van der Waals surface area contributed by atoms with Gasteiger partial charge >= 0.3 is 0 Å². The first-order valence-corrected chi connectivity index (χ1v) is 6.64. The smallest absolute Gasteiger partial charge is 0.220 e. The van der Waals surface area contributed by atoms with E-state index in [1.807, 2.05) is 0 Å². The van der Waals surface area contributed by atoms with Crippen molar-refractivity contribution in [2.75, 3.05) is 12.8 Å². The first kappa shape index (κ1) is 14.2. The zero-order chi connectivity index (χ0) is 15.9. The largest absolute Gasteiger partial charge is 0.493 e. The minimum absolute atomic E-state index is 0.174. The lowest BCUT2D eigenvalue weighted by atomic mass is 10.0. The summed E-state index contributed by atoms with van der Waals surface area (Å²) in [5.41, 5.74) is 6.75. The van der Waals surface area contributed by atoms with E-state index in [4.69, 9.17) is 10.5 Å². The van der Waals surface area contributed by atoms with Crippen LogP contribution in [0.25, 0.3) is 16.9 Å². The SMILES string of the molecule is COc1cn2ncc(-c3ccnc(N)n3)c2nc1C(C)(C)O. The second-order valence-corrected chi connectivity index (χ2v) is 5.34. The van der Waals surface area contributed by atoms with Crippen LogP contribution >= 0.6 is 0 Å². The summed E-state index contributed by atoms with van der Waals surface area (Å²) in [6.45, 7) is 3.29. The van der Waals surface area contributed by atoms with Gasteiger partial charge in [0.1, 0.15) is 11.3 Å². The average molecular weight is 300 g/mol. The highest BCUT2D eigenvalue weighted by Gasteiger charge is 2.25. The van der Waals surface area contributed by atoms with Crippen LogP contribution in [0.5, 0.6) is 5.75 Å². The molecule has 0 atom stereocenters. The Hall–Kier alpha value is -2.74. The molecule has 22 heavy (non-hydrogen) atoms. The molecular weight excluding hydrogens is 284 g/mol. The Balaban J connectivity index is 2.26. The van der Waals surface area contributed by atoms with Crippen molar-refractivity contribution in [3.63, 3.8) is 0 Å². The number of rotatable bonds is 3. The van der Waals surface area contributed by atoms with E-state index in [1.54, 1.807) is 43.0 Å². The van der Waals surface area contributed by atoms with Crippen molar-refractivity contribution in [1.82, 2.24) is 24.6 Å². The van der Waals surface area contributed by atoms with Crippen LogP contribution in [0.3, 0.4) is 0 Å². The van der Waals surface area contributed by atoms with E-state index in [0.717, 1.165) is 0 Å². The Kier molecular flexibility index (Phi) is 3.18. The predicted molar refractivity (Wildman–Crippen MR) is 80.2 cm³/mol. The Labute approximate surface area is 126 Å². The molecule has 0 aliphatic heterocycles. The number of hydrogen-bond donors (Lipinski definition) is 2. The van der Waals surface area contributed by atoms with Gasteiger partial charge in [0.2, 0.25) is 5.95 Å². The first-order chi connectivity index (χ1) is 10.4. The molecule has 3 N–H and O–H groups in total. The molecule has 3 aromatic heterocycles. The van der Waals surface area contributed by atoms with Gasteiger partial charge in [-0.25, -0.2) is 19.5 Å². The Morgan fingerprint density at radius 3 is 2.73 bits per heavy atom. The molecule has 0 saturated heterocycles. The van der Waals surface area contributed by atoms with Crippen LogP contribution in [-0.2, 0) is 5.60 Å². The maximum absolute atomic E-state index is 10.3. The molecule has 3 heterocycles. The van der Waals surface area contributed by atoms with Crippen LogP contribution in [0.15, 0.2) is 24.7 Å². The molecule has 8 heteroatoms. The Morgan fingerprint density at radius 1 is 1.32 bits per heavy atom. The van der Waals surface area contributed by atoms with Gasteiger partial charge < -0.3 is 15.6 Å². The van der Waals surface area contributed by atoms with Gasteiger partial charge in [-0.05, 0) is 19.9 Å². The second-order valence-electron chi connectivity index (χ2n) is 5.34. The number of methoxy groups -OCH3 is 1. The average Bonchev–Trinajstić information content (AvgIpc) is 2.87. The predicted octanol–water partition coefficient (Wildman–Crippen LogP) is 1.00. The Morgan fingerprint density at radius 2 is 2.09 bits per heavy atom. The zero-order valence-electron chi connectivity index (χ0n) is 12.5. The van der Waals surface area contributed by atoms with Crippen molar-refractivity contribution < 1.29 is 9.84 Å². The third kappa shape index (κ3) is 2.33. The molecule has 0 amide bonds. The van der Waals surface area contributed by atoms with Crippen molar-refractivity contribution in [2.45, 2.75) is 19.4 Å². The van der Waals surface area contributed by atoms with E-state index in [1.165, 1.54) is 7.11 Å².